The van der Waals surface area contributed by atoms with Crippen LogP contribution >= 0.6 is 0 Å². The van der Waals surface area contributed by atoms with Gasteiger partial charge in [-0.25, -0.2) is 0 Å². The molecule has 0 saturated heterocycles. The zero-order valence-corrected chi connectivity index (χ0v) is 22.9. The van der Waals surface area contributed by atoms with Crippen LogP contribution in [-0.4, -0.2) is 15.8 Å². The maximum absolute atomic E-state index is 10.4. The van der Waals surface area contributed by atoms with Crippen molar-refractivity contribution in [2.24, 2.45) is 0 Å². The molecule has 198 valence electrons. The molecule has 2 N–H and O–H groups in total. The van der Waals surface area contributed by atoms with E-state index in [0.717, 1.165) is 32.1 Å². The molecular formula is C31H56O3. The van der Waals surface area contributed by atoms with E-state index < -0.39 is 0 Å². The average Bonchev–Trinajstić information content (AvgIpc) is 2.84. The summed E-state index contributed by atoms with van der Waals surface area (Å²) in [6, 6.07) is 5.09. The second-order valence-corrected chi connectivity index (χ2v) is 10.5. The van der Waals surface area contributed by atoms with Gasteiger partial charge < -0.3 is 14.9 Å². The van der Waals surface area contributed by atoms with Gasteiger partial charge >= 0.3 is 0 Å². The van der Waals surface area contributed by atoms with Crippen molar-refractivity contribution in [3.05, 3.63) is 18.2 Å². The quantitative estimate of drug-likeness (QED) is 0.122. The van der Waals surface area contributed by atoms with Gasteiger partial charge in [-0.2, -0.15) is 0 Å². The second kappa shape index (κ2) is 19.9. The molecule has 3 heteroatoms. The molecule has 34 heavy (non-hydrogen) atoms. The highest BCUT2D eigenvalue weighted by Gasteiger charge is 2.32. The summed E-state index contributed by atoms with van der Waals surface area (Å²) in [7, 11) is 0. The third-order valence-electron chi connectivity index (χ3n) is 7.26. The normalized spacial score (nSPS) is 11.7. The highest BCUT2D eigenvalue weighted by atomic mass is 16.5. The third-order valence-corrected chi connectivity index (χ3v) is 7.26. The van der Waals surface area contributed by atoms with Gasteiger partial charge in [-0.1, -0.05) is 123 Å². The molecule has 0 heterocycles. The molecule has 0 aliphatic heterocycles. The van der Waals surface area contributed by atoms with Crippen LogP contribution in [0.5, 0.6) is 17.2 Å². The molecule has 1 rings (SSSR count). The molecule has 0 unspecified atom stereocenters. The molecule has 0 aliphatic carbocycles. The summed E-state index contributed by atoms with van der Waals surface area (Å²) in [6.45, 7) is 6.78. The van der Waals surface area contributed by atoms with Crippen molar-refractivity contribution in [1.82, 2.24) is 0 Å². The first kappa shape index (κ1) is 30.7. The predicted molar refractivity (Wildman–Crippen MR) is 147 cm³/mol. The molecular weight excluding hydrogens is 420 g/mol. The predicted octanol–water partition coefficient (Wildman–Crippen LogP) is 10.5. The van der Waals surface area contributed by atoms with Crippen molar-refractivity contribution in [1.29, 1.82) is 0 Å². The highest BCUT2D eigenvalue weighted by Crippen LogP contribution is 2.41. The van der Waals surface area contributed by atoms with Crippen molar-refractivity contribution in [3.63, 3.8) is 0 Å². The molecule has 0 saturated carbocycles. The summed E-state index contributed by atoms with van der Waals surface area (Å²) in [5.74, 6) is 0.228. The Balaban J connectivity index is 2.70. The van der Waals surface area contributed by atoms with Gasteiger partial charge in [-0.3, -0.25) is 0 Å². The van der Waals surface area contributed by atoms with Gasteiger partial charge in [0.05, 0.1) is 0 Å². The van der Waals surface area contributed by atoms with Crippen LogP contribution in [-0.2, 0) is 0 Å². The lowest BCUT2D eigenvalue weighted by Crippen LogP contribution is -2.36. The highest BCUT2D eigenvalue weighted by molar-refractivity contribution is 5.49. The minimum Gasteiger partial charge on any atom is -0.504 e. The number of phenolic OH excluding ortho intramolecular Hbond substituents is 2. The summed E-state index contributed by atoms with van der Waals surface area (Å²) >= 11 is 0. The summed E-state index contributed by atoms with van der Waals surface area (Å²) in [6.07, 6.45) is 26.3. The van der Waals surface area contributed by atoms with E-state index in [-0.39, 0.29) is 17.1 Å². The lowest BCUT2D eigenvalue weighted by molar-refractivity contribution is 0.0309. The van der Waals surface area contributed by atoms with Crippen LogP contribution in [0, 0.1) is 0 Å². The Morgan fingerprint density at radius 2 is 0.971 bits per heavy atom. The molecule has 0 aromatic heterocycles. The largest absolute Gasteiger partial charge is 0.504 e. The van der Waals surface area contributed by atoms with Crippen molar-refractivity contribution >= 4 is 0 Å². The Morgan fingerprint density at radius 3 is 1.44 bits per heavy atom. The average molecular weight is 477 g/mol. The third kappa shape index (κ3) is 13.5. The Hall–Kier alpha value is -1.38. The number of phenols is 2. The van der Waals surface area contributed by atoms with Gasteiger partial charge in [0.15, 0.2) is 11.5 Å². The standard InChI is InChI=1S/C31H56O3/c1-4-7-10-12-14-16-18-20-26-31(25-9-6-3,27-21-19-17-15-13-11-8-5-2)34-29-24-22-23-28(32)30(29)33/h22-24,32-33H,4-21,25-27H2,1-3H3. The number of aromatic hydroxyl groups is 2. The number of benzene rings is 1. The first-order chi connectivity index (χ1) is 16.6. The molecule has 0 bridgehead atoms. The van der Waals surface area contributed by atoms with E-state index in [4.69, 9.17) is 4.74 Å². The van der Waals surface area contributed by atoms with E-state index >= 15 is 0 Å². The first-order valence-corrected chi connectivity index (χ1v) is 14.8. The summed E-state index contributed by atoms with van der Waals surface area (Å²) in [4.78, 5) is 0. The minimum atomic E-state index is -0.244. The molecule has 1 aromatic rings. The summed E-state index contributed by atoms with van der Waals surface area (Å²) in [5, 5.41) is 20.4. The fourth-order valence-electron chi connectivity index (χ4n) is 5.02. The molecule has 0 aliphatic rings. The van der Waals surface area contributed by atoms with Crippen LogP contribution in [0.3, 0.4) is 0 Å². The van der Waals surface area contributed by atoms with Crippen molar-refractivity contribution in [3.8, 4) is 17.2 Å². The Kier molecular flexibility index (Phi) is 17.9. The van der Waals surface area contributed by atoms with Crippen molar-refractivity contribution in [2.45, 2.75) is 161 Å². The SMILES string of the molecule is CCCCCCCCCCC(CCCC)(CCCCCCCCCC)Oc1cccc(O)c1O. The number of hydrogen-bond donors (Lipinski definition) is 2. The second-order valence-electron chi connectivity index (χ2n) is 10.5. The maximum atomic E-state index is 10.4. The smallest absolute Gasteiger partial charge is 0.200 e. The van der Waals surface area contributed by atoms with Gasteiger partial charge in [-0.05, 0) is 50.7 Å². The monoisotopic (exact) mass is 476 g/mol. The van der Waals surface area contributed by atoms with Crippen LogP contribution in [0.4, 0.5) is 0 Å². The van der Waals surface area contributed by atoms with Crippen LogP contribution in [0.15, 0.2) is 18.2 Å². The van der Waals surface area contributed by atoms with E-state index in [1.807, 2.05) is 0 Å². The van der Waals surface area contributed by atoms with E-state index in [0.29, 0.717) is 5.75 Å². The minimum absolute atomic E-state index is 0.0962. The first-order valence-electron chi connectivity index (χ1n) is 14.8. The van der Waals surface area contributed by atoms with Crippen LogP contribution in [0.25, 0.3) is 0 Å². The van der Waals surface area contributed by atoms with E-state index in [9.17, 15) is 10.2 Å². The Morgan fingerprint density at radius 1 is 0.559 bits per heavy atom. The van der Waals surface area contributed by atoms with Crippen molar-refractivity contribution in [2.75, 3.05) is 0 Å². The van der Waals surface area contributed by atoms with Gasteiger partial charge in [0.1, 0.15) is 5.60 Å². The zero-order valence-electron chi connectivity index (χ0n) is 22.9. The molecule has 3 nitrogen and oxygen atoms in total. The van der Waals surface area contributed by atoms with E-state index in [1.54, 1.807) is 12.1 Å². The van der Waals surface area contributed by atoms with Crippen LogP contribution < -0.4 is 4.74 Å². The number of para-hydroxylation sites is 1. The number of rotatable bonds is 23. The Bertz CT molecular complexity index is 578. The van der Waals surface area contributed by atoms with Crippen LogP contribution in [0.2, 0.25) is 0 Å². The van der Waals surface area contributed by atoms with Crippen LogP contribution in [0.1, 0.15) is 156 Å². The van der Waals surface area contributed by atoms with Gasteiger partial charge in [-0.15, -0.1) is 0 Å². The number of unbranched alkanes of at least 4 members (excludes halogenated alkanes) is 15. The Labute approximate surface area is 211 Å². The summed E-state index contributed by atoms with van der Waals surface area (Å²) < 4.78 is 6.63. The van der Waals surface area contributed by atoms with Crippen molar-refractivity contribution < 1.29 is 14.9 Å². The topological polar surface area (TPSA) is 49.7 Å². The lowest BCUT2D eigenvalue weighted by Gasteiger charge is -2.35. The molecule has 0 atom stereocenters. The molecule has 0 amide bonds. The lowest BCUT2D eigenvalue weighted by atomic mass is 9.84. The summed E-state index contributed by atoms with van der Waals surface area (Å²) in [5.41, 5.74) is -0.244. The number of hydrogen-bond acceptors (Lipinski definition) is 3. The maximum Gasteiger partial charge on any atom is 0.200 e. The van der Waals surface area contributed by atoms with Gasteiger partial charge in [0.25, 0.3) is 0 Å². The molecule has 0 spiro atoms. The van der Waals surface area contributed by atoms with Gasteiger partial charge in [0, 0.05) is 0 Å². The number of ether oxygens (including phenoxy) is 1. The fourth-order valence-corrected chi connectivity index (χ4v) is 5.02. The van der Waals surface area contributed by atoms with E-state index in [1.165, 1.54) is 109 Å². The zero-order chi connectivity index (χ0) is 24.9. The molecule has 1 aromatic carbocycles. The fraction of sp³-hybridized carbons (Fsp3) is 0.806. The van der Waals surface area contributed by atoms with E-state index in [2.05, 4.69) is 20.8 Å². The molecule has 0 fully saturated rings. The van der Waals surface area contributed by atoms with Gasteiger partial charge in [0.2, 0.25) is 5.75 Å². The molecule has 0 radical (unpaired) electrons.